The van der Waals surface area contributed by atoms with Crippen LogP contribution in [0, 0.1) is 5.82 Å². The zero-order valence-corrected chi connectivity index (χ0v) is 13.2. The molecule has 0 saturated heterocycles. The van der Waals surface area contributed by atoms with Gasteiger partial charge in [0.05, 0.1) is 16.7 Å². The molecular formula is C19H15FN4O. The highest BCUT2D eigenvalue weighted by Crippen LogP contribution is 2.23. The number of halogens is 1. The number of hydrogen-bond acceptors (Lipinski definition) is 3. The molecule has 4 rings (SSSR count). The van der Waals surface area contributed by atoms with E-state index >= 15 is 0 Å². The van der Waals surface area contributed by atoms with E-state index in [1.54, 1.807) is 30.6 Å². The lowest BCUT2D eigenvalue weighted by molar-refractivity contribution is 0.630. The number of rotatable bonds is 4. The minimum absolute atomic E-state index is 0.229. The van der Waals surface area contributed by atoms with Crippen LogP contribution in [0.25, 0.3) is 22.2 Å². The fourth-order valence-electron chi connectivity index (χ4n) is 2.76. The molecule has 2 heterocycles. The van der Waals surface area contributed by atoms with Gasteiger partial charge in [-0.2, -0.15) is 0 Å². The number of H-pyrrole nitrogens is 2. The highest BCUT2D eigenvalue weighted by atomic mass is 19.1. The standard InChI is InChI=1S/C19H15FN4O/c20-15-3-1-2-4-16(15)22-10-12-7-14(11-21-9-12)13-5-6-17-18(8-13)24-19(25)23-17/h1-9,11,22H,10H2,(H2,23,24,25). The number of anilines is 1. The number of benzene rings is 2. The van der Waals surface area contributed by atoms with Crippen molar-refractivity contribution in [1.82, 2.24) is 15.0 Å². The third-order valence-corrected chi connectivity index (χ3v) is 4.00. The molecule has 3 N–H and O–H groups in total. The summed E-state index contributed by atoms with van der Waals surface area (Å²) in [6, 6.07) is 14.2. The maximum Gasteiger partial charge on any atom is 0.323 e. The van der Waals surface area contributed by atoms with Gasteiger partial charge in [-0.3, -0.25) is 4.98 Å². The van der Waals surface area contributed by atoms with Crippen molar-refractivity contribution < 1.29 is 4.39 Å². The van der Waals surface area contributed by atoms with Crippen molar-refractivity contribution in [1.29, 1.82) is 0 Å². The van der Waals surface area contributed by atoms with Gasteiger partial charge < -0.3 is 15.3 Å². The quantitative estimate of drug-likeness (QED) is 0.533. The molecule has 6 heteroatoms. The number of para-hydroxylation sites is 1. The smallest absolute Gasteiger partial charge is 0.323 e. The zero-order chi connectivity index (χ0) is 17.2. The average molecular weight is 334 g/mol. The lowest BCUT2D eigenvalue weighted by Gasteiger charge is -2.09. The van der Waals surface area contributed by atoms with Crippen LogP contribution in [-0.4, -0.2) is 15.0 Å². The Hall–Kier alpha value is -3.41. The van der Waals surface area contributed by atoms with Crippen molar-refractivity contribution in [2.45, 2.75) is 6.54 Å². The van der Waals surface area contributed by atoms with Crippen molar-refractivity contribution in [3.8, 4) is 11.1 Å². The van der Waals surface area contributed by atoms with Gasteiger partial charge in [-0.05, 0) is 41.5 Å². The number of imidazole rings is 1. The summed E-state index contributed by atoms with van der Waals surface area (Å²) in [6.45, 7) is 0.463. The molecule has 0 atom stereocenters. The van der Waals surface area contributed by atoms with E-state index in [4.69, 9.17) is 0 Å². The molecule has 124 valence electrons. The number of pyridine rings is 1. The molecule has 0 spiro atoms. The minimum Gasteiger partial charge on any atom is -0.379 e. The van der Waals surface area contributed by atoms with Crippen LogP contribution in [0.2, 0.25) is 0 Å². The van der Waals surface area contributed by atoms with Crippen LogP contribution in [0.15, 0.2) is 65.7 Å². The SMILES string of the molecule is O=c1[nH]c2ccc(-c3cncc(CNc4ccccc4F)c3)cc2[nH]1. The first-order valence-electron chi connectivity index (χ1n) is 7.84. The second kappa shape index (κ2) is 6.24. The molecule has 0 aliphatic heterocycles. The molecule has 2 aromatic heterocycles. The Morgan fingerprint density at radius 2 is 1.80 bits per heavy atom. The first-order valence-corrected chi connectivity index (χ1v) is 7.84. The first kappa shape index (κ1) is 15.1. The summed E-state index contributed by atoms with van der Waals surface area (Å²) in [4.78, 5) is 21.1. The third-order valence-electron chi connectivity index (χ3n) is 4.00. The van der Waals surface area contributed by atoms with Crippen LogP contribution in [0.3, 0.4) is 0 Å². The van der Waals surface area contributed by atoms with Crippen LogP contribution >= 0.6 is 0 Å². The Balaban J connectivity index is 1.59. The fraction of sp³-hybridized carbons (Fsp3) is 0.0526. The summed E-state index contributed by atoms with van der Waals surface area (Å²) in [5.74, 6) is -0.284. The molecule has 2 aromatic carbocycles. The summed E-state index contributed by atoms with van der Waals surface area (Å²) >= 11 is 0. The third kappa shape index (κ3) is 3.14. The topological polar surface area (TPSA) is 73.6 Å². The van der Waals surface area contributed by atoms with E-state index in [-0.39, 0.29) is 11.5 Å². The number of aromatic nitrogens is 3. The molecule has 0 fully saturated rings. The molecule has 0 unspecified atom stereocenters. The zero-order valence-electron chi connectivity index (χ0n) is 13.2. The van der Waals surface area contributed by atoms with E-state index in [1.807, 2.05) is 24.3 Å². The van der Waals surface area contributed by atoms with Crippen molar-refractivity contribution >= 4 is 16.7 Å². The normalized spacial score (nSPS) is 10.9. The van der Waals surface area contributed by atoms with Crippen LogP contribution in [0.5, 0.6) is 0 Å². The molecule has 0 aliphatic carbocycles. The van der Waals surface area contributed by atoms with Gasteiger partial charge in [0.25, 0.3) is 0 Å². The largest absolute Gasteiger partial charge is 0.379 e. The predicted octanol–water partition coefficient (Wildman–Crippen LogP) is 3.67. The predicted molar refractivity (Wildman–Crippen MR) is 95.9 cm³/mol. The van der Waals surface area contributed by atoms with Gasteiger partial charge in [0.1, 0.15) is 5.82 Å². The Bertz CT molecular complexity index is 1100. The van der Waals surface area contributed by atoms with E-state index in [9.17, 15) is 9.18 Å². The van der Waals surface area contributed by atoms with Crippen molar-refractivity contribution in [3.05, 3.63) is 82.8 Å². The lowest BCUT2D eigenvalue weighted by Crippen LogP contribution is -2.01. The second-order valence-corrected chi connectivity index (χ2v) is 5.75. The highest BCUT2D eigenvalue weighted by Gasteiger charge is 2.05. The molecule has 0 bridgehead atoms. The van der Waals surface area contributed by atoms with Gasteiger partial charge in [-0.25, -0.2) is 9.18 Å². The Morgan fingerprint density at radius 1 is 0.960 bits per heavy atom. The molecule has 5 nitrogen and oxygen atoms in total. The molecule has 4 aromatic rings. The number of nitrogens with zero attached hydrogens (tertiary/aromatic N) is 1. The van der Waals surface area contributed by atoms with Gasteiger partial charge in [-0.15, -0.1) is 0 Å². The van der Waals surface area contributed by atoms with E-state index in [0.29, 0.717) is 12.2 Å². The Kier molecular flexibility index (Phi) is 3.78. The summed E-state index contributed by atoms with van der Waals surface area (Å²) in [5, 5.41) is 3.07. The lowest BCUT2D eigenvalue weighted by atomic mass is 10.1. The Morgan fingerprint density at radius 3 is 2.68 bits per heavy atom. The van der Waals surface area contributed by atoms with Gasteiger partial charge in [0, 0.05) is 24.5 Å². The summed E-state index contributed by atoms with van der Waals surface area (Å²) < 4.78 is 13.7. The first-order chi connectivity index (χ1) is 12.2. The molecule has 0 amide bonds. The second-order valence-electron chi connectivity index (χ2n) is 5.75. The van der Waals surface area contributed by atoms with Crippen molar-refractivity contribution in [2.75, 3.05) is 5.32 Å². The summed E-state index contributed by atoms with van der Waals surface area (Å²) in [6.07, 6.45) is 3.51. The molecule has 25 heavy (non-hydrogen) atoms. The van der Waals surface area contributed by atoms with Crippen molar-refractivity contribution in [3.63, 3.8) is 0 Å². The fourth-order valence-corrected chi connectivity index (χ4v) is 2.76. The minimum atomic E-state index is -0.284. The van der Waals surface area contributed by atoms with Crippen LogP contribution in [-0.2, 0) is 6.54 Å². The van der Waals surface area contributed by atoms with Crippen molar-refractivity contribution in [2.24, 2.45) is 0 Å². The number of nitrogens with one attached hydrogen (secondary N) is 3. The van der Waals surface area contributed by atoms with E-state index in [0.717, 1.165) is 27.7 Å². The van der Waals surface area contributed by atoms with Gasteiger partial charge >= 0.3 is 5.69 Å². The monoisotopic (exact) mass is 334 g/mol. The van der Waals surface area contributed by atoms with E-state index in [2.05, 4.69) is 20.3 Å². The molecule has 0 radical (unpaired) electrons. The molecule has 0 saturated carbocycles. The van der Waals surface area contributed by atoms with Gasteiger partial charge in [0.15, 0.2) is 0 Å². The van der Waals surface area contributed by atoms with Crippen LogP contribution in [0.1, 0.15) is 5.56 Å². The highest BCUT2D eigenvalue weighted by molar-refractivity contribution is 5.81. The van der Waals surface area contributed by atoms with Crippen LogP contribution < -0.4 is 11.0 Å². The van der Waals surface area contributed by atoms with E-state index < -0.39 is 0 Å². The number of fused-ring (bicyclic) bond motifs is 1. The number of aromatic amines is 2. The van der Waals surface area contributed by atoms with Gasteiger partial charge in [0.2, 0.25) is 0 Å². The van der Waals surface area contributed by atoms with E-state index in [1.165, 1.54) is 6.07 Å². The summed E-state index contributed by atoms with van der Waals surface area (Å²) in [7, 11) is 0. The average Bonchev–Trinajstić information content (AvgIpc) is 3.00. The van der Waals surface area contributed by atoms with Gasteiger partial charge in [-0.1, -0.05) is 18.2 Å². The Labute approximate surface area is 142 Å². The maximum absolute atomic E-state index is 13.7. The summed E-state index contributed by atoms with van der Waals surface area (Å²) in [5.41, 5.74) is 4.55. The maximum atomic E-state index is 13.7. The van der Waals surface area contributed by atoms with Crippen LogP contribution in [0.4, 0.5) is 10.1 Å². The number of hydrogen-bond donors (Lipinski definition) is 3. The molecular weight excluding hydrogens is 319 g/mol. The molecule has 0 aliphatic rings.